The van der Waals surface area contributed by atoms with Crippen LogP contribution in [0.3, 0.4) is 0 Å². The third-order valence-electron chi connectivity index (χ3n) is 1.58. The average molecular weight is 223 g/mol. The van der Waals surface area contributed by atoms with Crippen LogP contribution in [0.25, 0.3) is 6.08 Å². The van der Waals surface area contributed by atoms with E-state index in [9.17, 15) is 4.79 Å². The van der Waals surface area contributed by atoms with Gasteiger partial charge in [-0.1, -0.05) is 17.8 Å². The van der Waals surface area contributed by atoms with E-state index in [0.717, 1.165) is 17.9 Å². The molecule has 2 N–H and O–H groups in total. The molecule has 0 saturated carbocycles. The van der Waals surface area contributed by atoms with E-state index in [0.29, 0.717) is 5.82 Å². The number of aromatic nitrogens is 2. The first-order valence-electron chi connectivity index (χ1n) is 4.57. The highest BCUT2D eigenvalue weighted by Crippen LogP contribution is 2.05. The van der Waals surface area contributed by atoms with Crippen LogP contribution in [0.5, 0.6) is 0 Å². The lowest BCUT2D eigenvalue weighted by molar-refractivity contribution is -0.109. The minimum absolute atomic E-state index is 0.149. The van der Waals surface area contributed by atoms with Gasteiger partial charge in [-0.05, 0) is 24.6 Å². The monoisotopic (exact) mass is 223 g/mol. The molecule has 1 aromatic heterocycles. The van der Waals surface area contributed by atoms with Crippen molar-refractivity contribution >= 4 is 28.8 Å². The van der Waals surface area contributed by atoms with Crippen molar-refractivity contribution in [2.24, 2.45) is 0 Å². The van der Waals surface area contributed by atoms with Gasteiger partial charge in [-0.3, -0.25) is 4.79 Å². The van der Waals surface area contributed by atoms with Gasteiger partial charge in [-0.25, -0.2) is 0 Å². The Kier molecular flexibility index (Phi) is 4.83. The molecule has 0 fully saturated rings. The quantitative estimate of drug-likeness (QED) is 0.787. The molecule has 80 valence electrons. The lowest BCUT2D eigenvalue weighted by atomic mass is 10.3. The summed E-state index contributed by atoms with van der Waals surface area (Å²) in [6.07, 6.45) is 4.68. The van der Waals surface area contributed by atoms with Crippen molar-refractivity contribution in [2.75, 3.05) is 11.5 Å². The maximum Gasteiger partial charge on any atom is 0.185 e. The number of hydrogen-bond donors (Lipinski definition) is 1. The number of nitrogens with two attached hydrogens (primary N) is 1. The average Bonchev–Trinajstić information content (AvgIpc) is 2.20. The largest absolute Gasteiger partial charge is 0.382 e. The maximum absolute atomic E-state index is 10.6. The van der Waals surface area contributed by atoms with Crippen molar-refractivity contribution in [2.45, 2.75) is 13.3 Å². The Morgan fingerprint density at radius 3 is 2.93 bits per heavy atom. The van der Waals surface area contributed by atoms with Gasteiger partial charge in [0.05, 0.1) is 5.69 Å². The third kappa shape index (κ3) is 5.17. The van der Waals surface area contributed by atoms with Gasteiger partial charge in [0.2, 0.25) is 0 Å². The van der Waals surface area contributed by atoms with E-state index in [4.69, 9.17) is 5.73 Å². The lowest BCUT2D eigenvalue weighted by Crippen LogP contribution is -1.93. The van der Waals surface area contributed by atoms with Gasteiger partial charge in [0, 0.05) is 12.7 Å². The van der Waals surface area contributed by atoms with Gasteiger partial charge in [0.15, 0.2) is 5.12 Å². The summed E-state index contributed by atoms with van der Waals surface area (Å²) < 4.78 is 0. The van der Waals surface area contributed by atoms with E-state index in [1.165, 1.54) is 11.8 Å². The molecule has 4 nitrogen and oxygen atoms in total. The van der Waals surface area contributed by atoms with Crippen LogP contribution in [0.2, 0.25) is 0 Å². The van der Waals surface area contributed by atoms with E-state index in [-0.39, 0.29) is 5.12 Å². The Morgan fingerprint density at radius 2 is 2.33 bits per heavy atom. The summed E-state index contributed by atoms with van der Waals surface area (Å²) >= 11 is 1.32. The topological polar surface area (TPSA) is 68.9 Å². The summed E-state index contributed by atoms with van der Waals surface area (Å²) in [5.74, 6) is 1.22. The minimum atomic E-state index is 0.149. The first kappa shape index (κ1) is 11.7. The Balaban J connectivity index is 2.32. The molecule has 0 radical (unpaired) electrons. The van der Waals surface area contributed by atoms with Crippen LogP contribution in [-0.4, -0.2) is 21.1 Å². The molecule has 0 atom stereocenters. The molecule has 0 spiro atoms. The molecule has 0 aliphatic heterocycles. The van der Waals surface area contributed by atoms with Gasteiger partial charge in [0.25, 0.3) is 0 Å². The van der Waals surface area contributed by atoms with Crippen molar-refractivity contribution in [3.63, 3.8) is 0 Å². The molecular weight excluding hydrogens is 210 g/mol. The highest BCUT2D eigenvalue weighted by atomic mass is 32.2. The van der Waals surface area contributed by atoms with Gasteiger partial charge < -0.3 is 5.73 Å². The van der Waals surface area contributed by atoms with Crippen molar-refractivity contribution < 1.29 is 4.79 Å². The van der Waals surface area contributed by atoms with E-state index in [1.54, 1.807) is 19.1 Å². The minimum Gasteiger partial charge on any atom is -0.382 e. The fraction of sp³-hybridized carbons (Fsp3) is 0.300. The molecule has 1 rings (SSSR count). The van der Waals surface area contributed by atoms with Crippen LogP contribution in [-0.2, 0) is 4.79 Å². The number of allylic oxidation sites excluding steroid dienone is 1. The second kappa shape index (κ2) is 6.19. The van der Waals surface area contributed by atoms with Crippen molar-refractivity contribution in [1.29, 1.82) is 0 Å². The Hall–Kier alpha value is -1.36. The summed E-state index contributed by atoms with van der Waals surface area (Å²) in [5, 5.41) is 7.75. The van der Waals surface area contributed by atoms with Crippen LogP contribution in [0.15, 0.2) is 18.2 Å². The standard InChI is InChI=1S/C10H13N3OS/c1-8(14)15-7-3-2-4-9-5-6-10(11)13-12-9/h2,4-6H,3,7H2,1H3,(H2,11,13). The molecule has 0 aromatic carbocycles. The number of carbonyl (C=O) groups excluding carboxylic acids is 1. The number of rotatable bonds is 4. The number of nitrogens with zero attached hydrogens (tertiary/aromatic N) is 2. The third-order valence-corrected chi connectivity index (χ3v) is 2.43. The number of nitrogen functional groups attached to an aromatic ring is 1. The molecule has 5 heteroatoms. The second-order valence-electron chi connectivity index (χ2n) is 2.91. The fourth-order valence-electron chi connectivity index (χ4n) is 0.917. The first-order valence-corrected chi connectivity index (χ1v) is 5.56. The highest BCUT2D eigenvalue weighted by molar-refractivity contribution is 8.13. The normalized spacial score (nSPS) is 10.7. The Labute approximate surface area is 93.0 Å². The molecule has 1 heterocycles. The highest BCUT2D eigenvalue weighted by Gasteiger charge is 1.92. The zero-order chi connectivity index (χ0) is 11.1. The first-order chi connectivity index (χ1) is 7.18. The molecule has 0 saturated heterocycles. The molecule has 0 aliphatic rings. The predicted octanol–water partition coefficient (Wildman–Crippen LogP) is 1.74. The lowest BCUT2D eigenvalue weighted by Gasteiger charge is -1.93. The van der Waals surface area contributed by atoms with Gasteiger partial charge in [-0.15, -0.1) is 10.2 Å². The summed E-state index contributed by atoms with van der Waals surface area (Å²) in [7, 11) is 0. The van der Waals surface area contributed by atoms with E-state index in [2.05, 4.69) is 10.2 Å². The fourth-order valence-corrected chi connectivity index (χ4v) is 1.46. The van der Waals surface area contributed by atoms with Crippen LogP contribution < -0.4 is 5.73 Å². The molecule has 15 heavy (non-hydrogen) atoms. The van der Waals surface area contributed by atoms with E-state index in [1.807, 2.05) is 12.2 Å². The van der Waals surface area contributed by atoms with Gasteiger partial charge >= 0.3 is 0 Å². The number of thioether (sulfide) groups is 1. The van der Waals surface area contributed by atoms with Crippen LogP contribution in [0, 0.1) is 0 Å². The molecule has 0 unspecified atom stereocenters. The van der Waals surface area contributed by atoms with Gasteiger partial charge in [0.1, 0.15) is 5.82 Å². The van der Waals surface area contributed by atoms with Crippen LogP contribution in [0.4, 0.5) is 5.82 Å². The van der Waals surface area contributed by atoms with Crippen molar-refractivity contribution in [1.82, 2.24) is 10.2 Å². The SMILES string of the molecule is CC(=O)SCCC=Cc1ccc(N)nn1. The summed E-state index contributed by atoms with van der Waals surface area (Å²) in [5.41, 5.74) is 6.17. The summed E-state index contributed by atoms with van der Waals surface area (Å²) in [6.45, 7) is 1.57. The molecule has 1 aromatic rings. The van der Waals surface area contributed by atoms with Gasteiger partial charge in [-0.2, -0.15) is 0 Å². The number of carbonyl (C=O) groups is 1. The summed E-state index contributed by atoms with van der Waals surface area (Å²) in [6, 6.07) is 3.51. The van der Waals surface area contributed by atoms with Crippen LogP contribution in [0.1, 0.15) is 19.0 Å². The van der Waals surface area contributed by atoms with E-state index >= 15 is 0 Å². The van der Waals surface area contributed by atoms with Crippen LogP contribution >= 0.6 is 11.8 Å². The Bertz CT molecular complexity index is 348. The van der Waals surface area contributed by atoms with E-state index < -0.39 is 0 Å². The van der Waals surface area contributed by atoms with Crippen molar-refractivity contribution in [3.8, 4) is 0 Å². The van der Waals surface area contributed by atoms with Crippen molar-refractivity contribution in [3.05, 3.63) is 23.9 Å². The smallest absolute Gasteiger partial charge is 0.185 e. The summed E-state index contributed by atoms with van der Waals surface area (Å²) in [4.78, 5) is 10.6. The second-order valence-corrected chi connectivity index (χ2v) is 4.19. The molecule has 0 amide bonds. The Morgan fingerprint density at radius 1 is 1.53 bits per heavy atom. The maximum atomic E-state index is 10.6. The molecular formula is C10H13N3OS. The molecule has 0 bridgehead atoms. The zero-order valence-corrected chi connectivity index (χ0v) is 9.33. The number of anilines is 1. The number of hydrogen-bond acceptors (Lipinski definition) is 5. The molecule has 0 aliphatic carbocycles. The predicted molar refractivity (Wildman–Crippen MR) is 63.2 cm³/mol. The zero-order valence-electron chi connectivity index (χ0n) is 8.51.